The fourth-order valence-corrected chi connectivity index (χ4v) is 2.83. The van der Waals surface area contributed by atoms with Crippen LogP contribution in [0.1, 0.15) is 54.9 Å². The Balaban J connectivity index is 2.13. The summed E-state index contributed by atoms with van der Waals surface area (Å²) in [6, 6.07) is 0. The highest BCUT2D eigenvalue weighted by atomic mass is 16.6. The van der Waals surface area contributed by atoms with Crippen molar-refractivity contribution < 1.29 is 19.0 Å². The molecule has 0 aromatic rings. The van der Waals surface area contributed by atoms with E-state index >= 15 is 0 Å². The van der Waals surface area contributed by atoms with E-state index in [0.29, 0.717) is 24.4 Å². The summed E-state index contributed by atoms with van der Waals surface area (Å²) >= 11 is 0. The van der Waals surface area contributed by atoms with Crippen molar-refractivity contribution in [2.75, 3.05) is 6.61 Å². The normalized spacial score (nSPS) is 28.2. The summed E-state index contributed by atoms with van der Waals surface area (Å²) in [5.41, 5.74) is 0.105. The third-order valence-corrected chi connectivity index (χ3v) is 3.94. The van der Waals surface area contributed by atoms with Gasteiger partial charge in [0.25, 0.3) is 5.91 Å². The number of carbonyl (C=O) groups excluding carboxylic acids is 1. The minimum atomic E-state index is -0.276. The van der Waals surface area contributed by atoms with Gasteiger partial charge in [-0.3, -0.25) is 4.79 Å². The molecule has 25 heavy (non-hydrogen) atoms. The Morgan fingerprint density at radius 1 is 1.28 bits per heavy atom. The van der Waals surface area contributed by atoms with E-state index in [2.05, 4.69) is 11.9 Å². The van der Waals surface area contributed by atoms with Crippen molar-refractivity contribution in [2.24, 2.45) is 0 Å². The average Bonchev–Trinajstić information content (AvgIpc) is 2.80. The number of hydrogen-bond donors (Lipinski definition) is 1. The number of nitrogens with zero attached hydrogens (tertiary/aromatic N) is 1. The van der Waals surface area contributed by atoms with Crippen LogP contribution in [0.3, 0.4) is 0 Å². The van der Waals surface area contributed by atoms with Crippen LogP contribution in [0, 0.1) is 0 Å². The highest BCUT2D eigenvalue weighted by molar-refractivity contribution is 5.94. The van der Waals surface area contributed by atoms with Crippen LogP contribution in [0.2, 0.25) is 0 Å². The van der Waals surface area contributed by atoms with Gasteiger partial charge in [0.05, 0.1) is 23.9 Å². The van der Waals surface area contributed by atoms with Gasteiger partial charge in [0.2, 0.25) is 0 Å². The first-order chi connectivity index (χ1) is 11.4. The average molecular weight is 352 g/mol. The Hall–Kier alpha value is -1.37. The maximum absolute atomic E-state index is 11.7. The first-order valence-corrected chi connectivity index (χ1v) is 8.80. The second kappa shape index (κ2) is 7.09. The summed E-state index contributed by atoms with van der Waals surface area (Å²) in [7, 11) is 0. The standard InChI is InChI=1S/C19H32N2O4/c1-12-10-21(13(2)20-17(12)22)16-9-14(25-19(6,7)8)15(24-16)11-23-18(3,4)5/h10,14-16H,2,9,11H2,1,3-8H3,(H,20,22)/t14?,15-,16-/m1/s1. The number of rotatable bonds is 4. The van der Waals surface area contributed by atoms with E-state index in [1.54, 1.807) is 13.1 Å². The summed E-state index contributed by atoms with van der Waals surface area (Å²) < 4.78 is 18.4. The number of nitrogens with one attached hydrogen (secondary N) is 1. The SMILES string of the molecule is C=C1NC(=O)C(C)=CN1[C@H]1CC(OC(C)(C)C)[C@@H](COC(C)(C)C)O1. The van der Waals surface area contributed by atoms with E-state index in [1.165, 1.54) is 0 Å². The molecule has 2 aliphatic heterocycles. The Morgan fingerprint density at radius 3 is 2.48 bits per heavy atom. The molecule has 0 aromatic heterocycles. The van der Waals surface area contributed by atoms with Crippen LogP contribution >= 0.6 is 0 Å². The lowest BCUT2D eigenvalue weighted by Crippen LogP contribution is -2.42. The quantitative estimate of drug-likeness (QED) is 0.843. The molecular formula is C19H32N2O4. The molecule has 2 heterocycles. The molecule has 1 fully saturated rings. The zero-order valence-corrected chi connectivity index (χ0v) is 16.5. The van der Waals surface area contributed by atoms with E-state index in [9.17, 15) is 4.79 Å². The van der Waals surface area contributed by atoms with Gasteiger partial charge in [0.1, 0.15) is 18.2 Å². The highest BCUT2D eigenvalue weighted by Crippen LogP contribution is 2.32. The largest absolute Gasteiger partial charge is 0.373 e. The minimum absolute atomic E-state index is 0.0912. The first kappa shape index (κ1) is 19.9. The fourth-order valence-electron chi connectivity index (χ4n) is 2.83. The lowest BCUT2D eigenvalue weighted by molar-refractivity contribution is -0.135. The predicted octanol–water partition coefficient (Wildman–Crippen LogP) is 2.91. The molecule has 0 radical (unpaired) electrons. The second-order valence-electron chi connectivity index (χ2n) is 8.68. The van der Waals surface area contributed by atoms with Crippen LogP contribution in [-0.2, 0) is 19.0 Å². The molecule has 1 N–H and O–H groups in total. The van der Waals surface area contributed by atoms with Gasteiger partial charge in [-0.1, -0.05) is 6.58 Å². The smallest absolute Gasteiger partial charge is 0.253 e. The highest BCUT2D eigenvalue weighted by Gasteiger charge is 2.42. The number of amides is 1. The van der Waals surface area contributed by atoms with Crippen LogP contribution in [0.5, 0.6) is 0 Å². The van der Waals surface area contributed by atoms with E-state index < -0.39 is 0 Å². The van der Waals surface area contributed by atoms with Crippen LogP contribution in [-0.4, -0.2) is 47.1 Å². The molecule has 0 saturated carbocycles. The molecule has 6 heteroatoms. The Morgan fingerprint density at radius 2 is 1.92 bits per heavy atom. The van der Waals surface area contributed by atoms with Crippen molar-refractivity contribution in [2.45, 2.75) is 84.5 Å². The fraction of sp³-hybridized carbons (Fsp3) is 0.737. The Labute approximate surface area is 151 Å². The summed E-state index contributed by atoms with van der Waals surface area (Å²) in [4.78, 5) is 13.6. The van der Waals surface area contributed by atoms with Crippen molar-refractivity contribution in [3.63, 3.8) is 0 Å². The van der Waals surface area contributed by atoms with Gasteiger partial charge in [-0.25, -0.2) is 0 Å². The maximum atomic E-state index is 11.7. The lowest BCUT2D eigenvalue weighted by atomic mass is 10.1. The number of hydrogen-bond acceptors (Lipinski definition) is 5. The third kappa shape index (κ3) is 5.56. The lowest BCUT2D eigenvalue weighted by Gasteiger charge is -2.32. The molecule has 2 aliphatic rings. The van der Waals surface area contributed by atoms with Crippen LogP contribution in [0.25, 0.3) is 0 Å². The van der Waals surface area contributed by atoms with Crippen molar-refractivity contribution in [1.29, 1.82) is 0 Å². The molecule has 6 nitrogen and oxygen atoms in total. The number of ether oxygens (including phenoxy) is 3. The van der Waals surface area contributed by atoms with E-state index in [0.717, 1.165) is 0 Å². The third-order valence-electron chi connectivity index (χ3n) is 3.94. The summed E-state index contributed by atoms with van der Waals surface area (Å²) in [6.45, 7) is 18.3. The van der Waals surface area contributed by atoms with Crippen molar-refractivity contribution in [3.05, 3.63) is 24.2 Å². The van der Waals surface area contributed by atoms with Crippen molar-refractivity contribution in [3.8, 4) is 0 Å². The van der Waals surface area contributed by atoms with Crippen molar-refractivity contribution in [1.82, 2.24) is 10.2 Å². The van der Waals surface area contributed by atoms with Gasteiger partial charge in [-0.05, 0) is 48.5 Å². The molecule has 1 amide bonds. The van der Waals surface area contributed by atoms with E-state index in [1.807, 2.05) is 46.4 Å². The molecule has 0 bridgehead atoms. The summed E-state index contributed by atoms with van der Waals surface area (Å²) in [5, 5.41) is 2.76. The molecule has 2 rings (SSSR count). The van der Waals surface area contributed by atoms with Gasteiger partial charge in [0.15, 0.2) is 0 Å². The maximum Gasteiger partial charge on any atom is 0.253 e. The number of carbonyl (C=O) groups is 1. The molecular weight excluding hydrogens is 320 g/mol. The molecule has 0 spiro atoms. The first-order valence-electron chi connectivity index (χ1n) is 8.80. The van der Waals surface area contributed by atoms with Crippen LogP contribution in [0.15, 0.2) is 24.2 Å². The van der Waals surface area contributed by atoms with Gasteiger partial charge in [0, 0.05) is 18.2 Å². The Bertz CT molecular complexity index is 557. The minimum Gasteiger partial charge on any atom is -0.373 e. The second-order valence-corrected chi connectivity index (χ2v) is 8.68. The molecule has 0 aliphatic carbocycles. The molecule has 3 atom stereocenters. The zero-order chi connectivity index (χ0) is 19.0. The summed E-state index contributed by atoms with van der Waals surface area (Å²) in [6.07, 6.45) is 1.94. The van der Waals surface area contributed by atoms with Crippen LogP contribution in [0.4, 0.5) is 0 Å². The van der Waals surface area contributed by atoms with Crippen LogP contribution < -0.4 is 5.32 Å². The topological polar surface area (TPSA) is 60.0 Å². The summed E-state index contributed by atoms with van der Waals surface area (Å²) in [5.74, 6) is 0.391. The van der Waals surface area contributed by atoms with Gasteiger partial charge in [-0.2, -0.15) is 0 Å². The monoisotopic (exact) mass is 352 g/mol. The van der Waals surface area contributed by atoms with Gasteiger partial charge >= 0.3 is 0 Å². The predicted molar refractivity (Wildman–Crippen MR) is 96.5 cm³/mol. The molecule has 1 unspecified atom stereocenters. The molecule has 0 aromatic carbocycles. The molecule has 1 saturated heterocycles. The van der Waals surface area contributed by atoms with Gasteiger partial charge < -0.3 is 24.4 Å². The Kier molecular flexibility index (Phi) is 5.66. The molecule has 142 valence electrons. The zero-order valence-electron chi connectivity index (χ0n) is 16.5. The van der Waals surface area contributed by atoms with E-state index in [-0.39, 0.29) is 35.5 Å². The van der Waals surface area contributed by atoms with Gasteiger partial charge in [-0.15, -0.1) is 0 Å². The van der Waals surface area contributed by atoms with Crippen molar-refractivity contribution >= 4 is 5.91 Å². The van der Waals surface area contributed by atoms with E-state index in [4.69, 9.17) is 14.2 Å².